The van der Waals surface area contributed by atoms with Crippen LogP contribution in [0.3, 0.4) is 0 Å². The van der Waals surface area contributed by atoms with E-state index in [1.165, 1.54) is 49.6 Å². The zero-order valence-corrected chi connectivity index (χ0v) is 15.5. The molecule has 1 aromatic heterocycles. The van der Waals surface area contributed by atoms with Crippen molar-refractivity contribution in [3.63, 3.8) is 0 Å². The lowest BCUT2D eigenvalue weighted by molar-refractivity contribution is -0.139. The van der Waals surface area contributed by atoms with Crippen molar-refractivity contribution in [2.45, 2.75) is 6.92 Å². The van der Waals surface area contributed by atoms with Gasteiger partial charge in [0.05, 0.1) is 37.4 Å². The molecular formula is C20H18FN3O4. The van der Waals surface area contributed by atoms with Gasteiger partial charge in [-0.2, -0.15) is 5.10 Å². The van der Waals surface area contributed by atoms with Crippen LogP contribution in [0.25, 0.3) is 5.69 Å². The summed E-state index contributed by atoms with van der Waals surface area (Å²) in [6.45, 7) is 1.87. The van der Waals surface area contributed by atoms with E-state index >= 15 is 0 Å². The molecule has 0 bridgehead atoms. The third-order valence-corrected chi connectivity index (χ3v) is 4.04. The van der Waals surface area contributed by atoms with Crippen molar-refractivity contribution >= 4 is 17.6 Å². The average Bonchev–Trinajstić information content (AvgIpc) is 3.00. The van der Waals surface area contributed by atoms with E-state index in [-0.39, 0.29) is 11.3 Å². The van der Waals surface area contributed by atoms with Crippen molar-refractivity contribution in [2.24, 2.45) is 0 Å². The van der Waals surface area contributed by atoms with Gasteiger partial charge in [-0.05, 0) is 36.8 Å². The first kappa shape index (κ1) is 19.1. The summed E-state index contributed by atoms with van der Waals surface area (Å²) in [6, 6.07) is 4.08. The Labute approximate surface area is 161 Å². The van der Waals surface area contributed by atoms with Crippen LogP contribution in [0.4, 0.5) is 10.1 Å². The van der Waals surface area contributed by atoms with Crippen LogP contribution >= 0.6 is 0 Å². The highest BCUT2D eigenvalue weighted by molar-refractivity contribution is 6.05. The van der Waals surface area contributed by atoms with Crippen LogP contribution < -0.4 is 4.90 Å². The van der Waals surface area contributed by atoms with E-state index in [1.54, 1.807) is 29.2 Å². The van der Waals surface area contributed by atoms with Crippen molar-refractivity contribution < 1.29 is 23.5 Å². The molecule has 0 N–H and O–H groups in total. The Kier molecular flexibility index (Phi) is 5.39. The van der Waals surface area contributed by atoms with E-state index in [2.05, 4.69) is 5.10 Å². The number of carbonyl (C=O) groups excluding carboxylic acids is 2. The molecule has 0 unspecified atom stereocenters. The zero-order chi connectivity index (χ0) is 20.3. The molecular weight excluding hydrogens is 365 g/mol. The number of benzene rings is 1. The number of carbonyl (C=O) groups is 2. The highest BCUT2D eigenvalue weighted by atomic mass is 19.1. The summed E-state index contributed by atoms with van der Waals surface area (Å²) in [5, 5.41) is 4.26. The molecule has 8 heteroatoms. The highest BCUT2D eigenvalue weighted by Gasteiger charge is 2.29. The molecule has 0 radical (unpaired) electrons. The Morgan fingerprint density at radius 3 is 2.46 bits per heavy atom. The molecule has 0 aliphatic carbocycles. The zero-order valence-electron chi connectivity index (χ0n) is 15.5. The van der Waals surface area contributed by atoms with Gasteiger partial charge in [0.1, 0.15) is 11.5 Å². The Morgan fingerprint density at radius 1 is 1.07 bits per heavy atom. The molecule has 2 heterocycles. The van der Waals surface area contributed by atoms with Gasteiger partial charge in [-0.3, -0.25) is 0 Å². The number of nitrogens with zero attached hydrogens (tertiary/aromatic N) is 3. The van der Waals surface area contributed by atoms with Crippen LogP contribution in [0, 0.1) is 12.7 Å². The van der Waals surface area contributed by atoms with E-state index in [4.69, 9.17) is 9.47 Å². The average molecular weight is 383 g/mol. The van der Waals surface area contributed by atoms with Crippen molar-refractivity contribution in [1.29, 1.82) is 0 Å². The second-order valence-corrected chi connectivity index (χ2v) is 5.91. The fourth-order valence-electron chi connectivity index (χ4n) is 2.78. The third-order valence-electron chi connectivity index (χ3n) is 4.04. The van der Waals surface area contributed by atoms with Gasteiger partial charge in [-0.15, -0.1) is 0 Å². The van der Waals surface area contributed by atoms with Crippen LogP contribution in [0.2, 0.25) is 0 Å². The Bertz CT molecular complexity index is 1020. The minimum absolute atomic E-state index is 0.0220. The van der Waals surface area contributed by atoms with Gasteiger partial charge in [0.25, 0.3) is 0 Å². The number of methoxy groups -OCH3 is 2. The van der Waals surface area contributed by atoms with E-state index in [1.807, 2.05) is 6.92 Å². The fourth-order valence-corrected chi connectivity index (χ4v) is 2.78. The molecule has 28 heavy (non-hydrogen) atoms. The maximum absolute atomic E-state index is 14.1. The largest absolute Gasteiger partial charge is 0.465 e. The monoisotopic (exact) mass is 383 g/mol. The summed E-state index contributed by atoms with van der Waals surface area (Å²) in [4.78, 5) is 26.2. The number of esters is 2. The van der Waals surface area contributed by atoms with Crippen LogP contribution in [-0.4, -0.2) is 35.9 Å². The molecule has 144 valence electrons. The molecule has 3 rings (SSSR count). The standard InChI is InChI=1S/C20H18FN3O4/c1-13-11-22-24(12-13)16-8-7-14(21)10-17(16)23-9-5-4-6-15(19(25)27-2)18(23)20(26)28-3/h4-12H,1-3H3. The first-order valence-corrected chi connectivity index (χ1v) is 8.32. The molecule has 7 nitrogen and oxygen atoms in total. The summed E-state index contributed by atoms with van der Waals surface area (Å²) in [5.74, 6) is -2.02. The maximum Gasteiger partial charge on any atom is 0.355 e. The first-order valence-electron chi connectivity index (χ1n) is 8.32. The van der Waals surface area contributed by atoms with Crippen molar-refractivity contribution in [1.82, 2.24) is 9.78 Å². The SMILES string of the molecule is COC(=O)C1=C(C(=O)OC)N(c2cc(F)ccc2-n2cc(C)cn2)C=CC=C1. The number of aryl methyl sites for hydroxylation is 1. The quantitative estimate of drug-likeness (QED) is 0.756. The lowest BCUT2D eigenvalue weighted by Crippen LogP contribution is -2.28. The third kappa shape index (κ3) is 3.57. The van der Waals surface area contributed by atoms with Crippen LogP contribution in [0.15, 0.2) is 66.3 Å². The number of aromatic nitrogens is 2. The van der Waals surface area contributed by atoms with E-state index in [9.17, 15) is 14.0 Å². The predicted octanol–water partition coefficient (Wildman–Crippen LogP) is 2.81. The van der Waals surface area contributed by atoms with Gasteiger partial charge < -0.3 is 14.4 Å². The normalized spacial score (nSPS) is 13.5. The molecule has 1 aliphatic heterocycles. The number of hydrogen-bond donors (Lipinski definition) is 0. The number of allylic oxidation sites excluding steroid dienone is 2. The van der Waals surface area contributed by atoms with E-state index in [0.717, 1.165) is 5.56 Å². The van der Waals surface area contributed by atoms with Gasteiger partial charge >= 0.3 is 11.9 Å². The minimum atomic E-state index is -0.775. The molecule has 0 amide bonds. The van der Waals surface area contributed by atoms with Gasteiger partial charge in [-0.25, -0.2) is 18.7 Å². The second-order valence-electron chi connectivity index (χ2n) is 5.91. The number of halogens is 1. The fraction of sp³-hybridized carbons (Fsp3) is 0.150. The maximum atomic E-state index is 14.1. The summed E-state index contributed by atoms with van der Waals surface area (Å²) >= 11 is 0. The number of anilines is 1. The molecule has 0 saturated carbocycles. The lowest BCUT2D eigenvalue weighted by Gasteiger charge is -2.25. The molecule has 2 aromatic rings. The van der Waals surface area contributed by atoms with Crippen molar-refractivity contribution in [2.75, 3.05) is 19.1 Å². The summed E-state index contributed by atoms with van der Waals surface area (Å²) in [7, 11) is 2.41. The molecule has 0 saturated heterocycles. The highest BCUT2D eigenvalue weighted by Crippen LogP contribution is 2.32. The Balaban J connectivity index is 2.27. The molecule has 0 fully saturated rings. The van der Waals surface area contributed by atoms with Crippen molar-refractivity contribution in [3.8, 4) is 5.69 Å². The minimum Gasteiger partial charge on any atom is -0.465 e. The summed E-state index contributed by atoms with van der Waals surface area (Å²) < 4.78 is 25.4. The Morgan fingerprint density at radius 2 is 1.82 bits per heavy atom. The van der Waals surface area contributed by atoms with Crippen LogP contribution in [0.5, 0.6) is 0 Å². The Hall–Kier alpha value is -3.68. The predicted molar refractivity (Wildman–Crippen MR) is 100 cm³/mol. The van der Waals surface area contributed by atoms with Gasteiger partial charge in [0, 0.05) is 18.5 Å². The smallest absolute Gasteiger partial charge is 0.355 e. The van der Waals surface area contributed by atoms with Crippen LogP contribution in [-0.2, 0) is 19.1 Å². The lowest BCUT2D eigenvalue weighted by atomic mass is 10.1. The topological polar surface area (TPSA) is 73.7 Å². The molecule has 1 aromatic carbocycles. The van der Waals surface area contributed by atoms with Crippen molar-refractivity contribution in [3.05, 3.63) is 77.7 Å². The summed E-state index contributed by atoms with van der Waals surface area (Å²) in [6.07, 6.45) is 9.58. The molecule has 0 atom stereocenters. The van der Waals surface area contributed by atoms with E-state index in [0.29, 0.717) is 11.4 Å². The number of rotatable bonds is 4. The van der Waals surface area contributed by atoms with Gasteiger partial charge in [-0.1, -0.05) is 6.08 Å². The molecule has 1 aliphatic rings. The molecule has 0 spiro atoms. The second kappa shape index (κ2) is 7.91. The van der Waals surface area contributed by atoms with Crippen LogP contribution in [0.1, 0.15) is 5.56 Å². The first-order chi connectivity index (χ1) is 13.5. The van der Waals surface area contributed by atoms with Gasteiger partial charge in [0.2, 0.25) is 0 Å². The number of ether oxygens (including phenoxy) is 2. The number of hydrogen-bond acceptors (Lipinski definition) is 6. The summed E-state index contributed by atoms with van der Waals surface area (Å²) in [5.41, 5.74) is 1.58. The van der Waals surface area contributed by atoms with Gasteiger partial charge in [0.15, 0.2) is 0 Å². The van der Waals surface area contributed by atoms with E-state index < -0.39 is 17.8 Å².